The Kier molecular flexibility index (Phi) is 2.34. The van der Waals surface area contributed by atoms with Crippen LogP contribution in [-0.2, 0) is 9.47 Å². The molecule has 0 aromatic rings. The molecular formula is C10H18O3. The van der Waals surface area contributed by atoms with Crippen molar-refractivity contribution >= 4 is 0 Å². The highest BCUT2D eigenvalue weighted by atomic mass is 16.6. The van der Waals surface area contributed by atoms with Crippen LogP contribution in [0.1, 0.15) is 33.1 Å². The quantitative estimate of drug-likeness (QED) is 0.656. The van der Waals surface area contributed by atoms with Gasteiger partial charge in [0, 0.05) is 13.0 Å². The van der Waals surface area contributed by atoms with E-state index in [4.69, 9.17) is 9.47 Å². The minimum atomic E-state index is -0.284. The van der Waals surface area contributed by atoms with Crippen molar-refractivity contribution in [2.75, 3.05) is 6.61 Å². The molecule has 0 aromatic carbocycles. The first kappa shape index (κ1) is 9.44. The number of epoxide rings is 1. The van der Waals surface area contributed by atoms with Crippen molar-refractivity contribution in [2.45, 2.75) is 57.0 Å². The summed E-state index contributed by atoms with van der Waals surface area (Å²) < 4.78 is 11.0. The summed E-state index contributed by atoms with van der Waals surface area (Å²) in [6.07, 6.45) is 2.69. The molecule has 2 aliphatic rings. The summed E-state index contributed by atoms with van der Waals surface area (Å²) >= 11 is 0. The minimum absolute atomic E-state index is 0.000486. The Morgan fingerprint density at radius 2 is 2.15 bits per heavy atom. The molecule has 0 amide bonds. The van der Waals surface area contributed by atoms with Gasteiger partial charge in [0.05, 0.1) is 23.9 Å². The number of rotatable bonds is 2. The van der Waals surface area contributed by atoms with E-state index in [9.17, 15) is 5.11 Å². The summed E-state index contributed by atoms with van der Waals surface area (Å²) in [7, 11) is 0. The summed E-state index contributed by atoms with van der Waals surface area (Å²) in [4.78, 5) is 0. The van der Waals surface area contributed by atoms with Crippen molar-refractivity contribution < 1.29 is 14.6 Å². The van der Waals surface area contributed by atoms with Gasteiger partial charge in [0.2, 0.25) is 0 Å². The molecule has 0 saturated carbocycles. The van der Waals surface area contributed by atoms with Crippen molar-refractivity contribution in [3.8, 4) is 0 Å². The summed E-state index contributed by atoms with van der Waals surface area (Å²) in [5, 5.41) is 9.64. The van der Waals surface area contributed by atoms with Gasteiger partial charge in [-0.05, 0) is 26.7 Å². The van der Waals surface area contributed by atoms with Crippen LogP contribution in [0.4, 0.5) is 0 Å². The van der Waals surface area contributed by atoms with Crippen LogP contribution < -0.4 is 0 Å². The number of ether oxygens (including phenoxy) is 2. The average Bonchev–Trinajstić information content (AvgIpc) is 2.64. The minimum Gasteiger partial charge on any atom is -0.390 e. The van der Waals surface area contributed by atoms with Crippen LogP contribution in [-0.4, -0.2) is 35.6 Å². The van der Waals surface area contributed by atoms with Crippen LogP contribution in [0.15, 0.2) is 0 Å². The number of aliphatic hydroxyl groups is 1. The molecule has 2 aliphatic heterocycles. The number of hydrogen-bond donors (Lipinski definition) is 1. The molecule has 0 aliphatic carbocycles. The fourth-order valence-electron chi connectivity index (χ4n) is 1.92. The summed E-state index contributed by atoms with van der Waals surface area (Å²) in [5.41, 5.74) is 0.0144. The van der Waals surface area contributed by atoms with Crippen LogP contribution in [0.25, 0.3) is 0 Å². The molecule has 3 heteroatoms. The zero-order valence-corrected chi connectivity index (χ0v) is 8.32. The largest absolute Gasteiger partial charge is 0.390 e. The van der Waals surface area contributed by atoms with E-state index in [1.54, 1.807) is 0 Å². The SMILES string of the molecule is CC1(C)OC1C[C@@H]1OCCC[C@H]1O. The van der Waals surface area contributed by atoms with E-state index in [-0.39, 0.29) is 23.9 Å². The molecule has 1 N–H and O–H groups in total. The third-order valence-corrected chi connectivity index (χ3v) is 3.02. The third kappa shape index (κ3) is 2.03. The second kappa shape index (κ2) is 3.23. The summed E-state index contributed by atoms with van der Waals surface area (Å²) in [5.74, 6) is 0. The van der Waals surface area contributed by atoms with E-state index >= 15 is 0 Å². The lowest BCUT2D eigenvalue weighted by molar-refractivity contribution is -0.0791. The first-order chi connectivity index (χ1) is 6.09. The van der Waals surface area contributed by atoms with Gasteiger partial charge in [-0.25, -0.2) is 0 Å². The van der Waals surface area contributed by atoms with Gasteiger partial charge in [-0.3, -0.25) is 0 Å². The van der Waals surface area contributed by atoms with E-state index in [0.29, 0.717) is 0 Å². The monoisotopic (exact) mass is 186 g/mol. The van der Waals surface area contributed by atoms with E-state index in [1.807, 2.05) is 0 Å². The first-order valence-corrected chi connectivity index (χ1v) is 5.07. The predicted octanol–water partition coefficient (Wildman–Crippen LogP) is 1.09. The molecule has 0 radical (unpaired) electrons. The molecular weight excluding hydrogens is 168 g/mol. The molecule has 76 valence electrons. The lowest BCUT2D eigenvalue weighted by Gasteiger charge is -2.27. The molecule has 3 nitrogen and oxygen atoms in total. The van der Waals surface area contributed by atoms with E-state index in [1.165, 1.54) is 0 Å². The summed E-state index contributed by atoms with van der Waals surface area (Å²) in [6, 6.07) is 0. The van der Waals surface area contributed by atoms with Crippen molar-refractivity contribution in [3.63, 3.8) is 0 Å². The van der Waals surface area contributed by atoms with Gasteiger partial charge in [0.25, 0.3) is 0 Å². The van der Waals surface area contributed by atoms with Gasteiger partial charge >= 0.3 is 0 Å². The average molecular weight is 186 g/mol. The zero-order valence-electron chi connectivity index (χ0n) is 8.32. The van der Waals surface area contributed by atoms with Crippen LogP contribution in [0.2, 0.25) is 0 Å². The molecule has 2 fully saturated rings. The van der Waals surface area contributed by atoms with Gasteiger partial charge in [-0.2, -0.15) is 0 Å². The number of aliphatic hydroxyl groups excluding tert-OH is 1. The fraction of sp³-hybridized carbons (Fsp3) is 1.00. The van der Waals surface area contributed by atoms with Gasteiger partial charge in [0.1, 0.15) is 0 Å². The second-order valence-corrected chi connectivity index (χ2v) is 4.56. The molecule has 2 rings (SSSR count). The highest BCUT2D eigenvalue weighted by molar-refractivity contribution is 4.97. The topological polar surface area (TPSA) is 42.0 Å². The van der Waals surface area contributed by atoms with E-state index < -0.39 is 0 Å². The van der Waals surface area contributed by atoms with Crippen molar-refractivity contribution in [2.24, 2.45) is 0 Å². The van der Waals surface area contributed by atoms with Crippen molar-refractivity contribution in [1.29, 1.82) is 0 Å². The standard InChI is InChI=1S/C10H18O3/c1-10(2)9(13-10)6-8-7(11)4-3-5-12-8/h7-9,11H,3-6H2,1-2H3/t7-,8+,9?/m1/s1. The normalized spacial score (nSPS) is 43.2. The second-order valence-electron chi connectivity index (χ2n) is 4.56. The molecule has 3 atom stereocenters. The van der Waals surface area contributed by atoms with Crippen LogP contribution >= 0.6 is 0 Å². The number of hydrogen-bond acceptors (Lipinski definition) is 3. The Morgan fingerprint density at radius 1 is 1.46 bits per heavy atom. The summed E-state index contributed by atoms with van der Waals surface area (Å²) in [6.45, 7) is 4.94. The Balaban J connectivity index is 1.81. The molecule has 0 spiro atoms. The lowest BCUT2D eigenvalue weighted by Crippen LogP contribution is -2.35. The van der Waals surface area contributed by atoms with Gasteiger partial charge in [-0.1, -0.05) is 0 Å². The highest BCUT2D eigenvalue weighted by Crippen LogP contribution is 2.39. The molecule has 2 heterocycles. The third-order valence-electron chi connectivity index (χ3n) is 3.02. The molecule has 1 unspecified atom stereocenters. The maximum atomic E-state index is 9.64. The Hall–Kier alpha value is -0.120. The zero-order chi connectivity index (χ0) is 9.47. The van der Waals surface area contributed by atoms with Gasteiger partial charge in [-0.15, -0.1) is 0 Å². The van der Waals surface area contributed by atoms with Crippen LogP contribution in [0.3, 0.4) is 0 Å². The van der Waals surface area contributed by atoms with E-state index in [2.05, 4.69) is 13.8 Å². The Morgan fingerprint density at radius 3 is 2.69 bits per heavy atom. The smallest absolute Gasteiger partial charge is 0.0893 e. The highest BCUT2D eigenvalue weighted by Gasteiger charge is 2.49. The van der Waals surface area contributed by atoms with E-state index in [0.717, 1.165) is 25.9 Å². The molecule has 13 heavy (non-hydrogen) atoms. The molecule has 0 bridgehead atoms. The molecule has 0 aromatic heterocycles. The van der Waals surface area contributed by atoms with Gasteiger partial charge in [0.15, 0.2) is 0 Å². The van der Waals surface area contributed by atoms with Crippen LogP contribution in [0, 0.1) is 0 Å². The predicted molar refractivity (Wildman–Crippen MR) is 48.5 cm³/mol. The van der Waals surface area contributed by atoms with Crippen molar-refractivity contribution in [1.82, 2.24) is 0 Å². The first-order valence-electron chi connectivity index (χ1n) is 5.07. The Bertz CT molecular complexity index is 191. The lowest BCUT2D eigenvalue weighted by atomic mass is 9.98. The maximum absolute atomic E-state index is 9.64. The fourth-order valence-corrected chi connectivity index (χ4v) is 1.92. The maximum Gasteiger partial charge on any atom is 0.0893 e. The molecule has 2 saturated heterocycles. The Labute approximate surface area is 79.0 Å². The van der Waals surface area contributed by atoms with Gasteiger partial charge < -0.3 is 14.6 Å². The van der Waals surface area contributed by atoms with Crippen molar-refractivity contribution in [3.05, 3.63) is 0 Å². The van der Waals surface area contributed by atoms with Crippen LogP contribution in [0.5, 0.6) is 0 Å².